The summed E-state index contributed by atoms with van der Waals surface area (Å²) in [6.07, 6.45) is 0. The van der Waals surface area contributed by atoms with E-state index >= 15 is 0 Å². The van der Waals surface area contributed by atoms with E-state index in [2.05, 4.69) is 28.4 Å². The van der Waals surface area contributed by atoms with Crippen molar-refractivity contribution in [3.8, 4) is 5.75 Å². The minimum absolute atomic E-state index is 0.674. The number of nitrogens with one attached hydrogen (secondary N) is 1. The third kappa shape index (κ3) is 3.69. The molecule has 0 aliphatic rings. The van der Waals surface area contributed by atoms with Crippen molar-refractivity contribution < 1.29 is 4.74 Å². The molecule has 0 spiro atoms. The zero-order valence-electron chi connectivity index (χ0n) is 11.8. The number of methoxy groups -OCH3 is 1. The molecule has 1 aromatic heterocycles. The van der Waals surface area contributed by atoms with Gasteiger partial charge in [0, 0.05) is 18.7 Å². The number of nitrogen functional groups attached to an aromatic ring is 1. The van der Waals surface area contributed by atoms with Crippen molar-refractivity contribution >= 4 is 5.82 Å². The molecule has 0 fully saturated rings. The molecular weight excluding hydrogens is 252 g/mol. The highest BCUT2D eigenvalue weighted by atomic mass is 16.5. The summed E-state index contributed by atoms with van der Waals surface area (Å²) in [4.78, 5) is 6.59. The number of ether oxygens (including phenoxy) is 1. The van der Waals surface area contributed by atoms with E-state index in [4.69, 9.17) is 10.6 Å². The Bertz CT molecular complexity index is 559. The largest absolute Gasteiger partial charge is 0.496 e. The number of hydrogen-bond acceptors (Lipinski definition) is 5. The lowest BCUT2D eigenvalue weighted by Crippen LogP contribution is -2.19. The maximum atomic E-state index is 5.37. The number of hydrogen-bond donors (Lipinski definition) is 2. The number of benzene rings is 1. The topological polar surface area (TPSA) is 63.4 Å². The number of nitrogens with two attached hydrogens (primary N) is 1. The van der Waals surface area contributed by atoms with Gasteiger partial charge in [-0.25, -0.2) is 10.8 Å². The van der Waals surface area contributed by atoms with Crippen LogP contribution in [-0.2, 0) is 13.1 Å². The standard InChI is InChI=1S/C15H20N4O/c1-19(10-12-6-3-4-8-14(12)20-2)11-13-7-5-9-15(17-13)18-16/h3-9H,10-11,16H2,1-2H3,(H,17,18). The fourth-order valence-electron chi connectivity index (χ4n) is 2.10. The second kappa shape index (κ2) is 6.88. The number of hydrazine groups is 1. The summed E-state index contributed by atoms with van der Waals surface area (Å²) in [6.45, 7) is 1.54. The average molecular weight is 272 g/mol. The van der Waals surface area contributed by atoms with Gasteiger partial charge in [-0.1, -0.05) is 24.3 Å². The van der Waals surface area contributed by atoms with Crippen molar-refractivity contribution in [2.75, 3.05) is 19.6 Å². The lowest BCUT2D eigenvalue weighted by atomic mass is 10.2. The number of pyridine rings is 1. The van der Waals surface area contributed by atoms with E-state index in [1.54, 1.807) is 7.11 Å². The number of aromatic nitrogens is 1. The van der Waals surface area contributed by atoms with Crippen molar-refractivity contribution in [3.63, 3.8) is 0 Å². The Balaban J connectivity index is 2.03. The van der Waals surface area contributed by atoms with Crippen molar-refractivity contribution in [3.05, 3.63) is 53.7 Å². The Morgan fingerprint density at radius 1 is 1.15 bits per heavy atom. The molecule has 5 heteroatoms. The lowest BCUT2D eigenvalue weighted by Gasteiger charge is -2.18. The predicted molar refractivity (Wildman–Crippen MR) is 80.2 cm³/mol. The van der Waals surface area contributed by atoms with Crippen molar-refractivity contribution in [2.45, 2.75) is 13.1 Å². The number of nitrogens with zero attached hydrogens (tertiary/aromatic N) is 2. The maximum Gasteiger partial charge on any atom is 0.140 e. The van der Waals surface area contributed by atoms with E-state index in [0.29, 0.717) is 5.82 Å². The van der Waals surface area contributed by atoms with Crippen LogP contribution in [0.5, 0.6) is 5.75 Å². The molecule has 2 rings (SSSR count). The molecule has 0 aliphatic carbocycles. The van der Waals surface area contributed by atoms with Crippen molar-refractivity contribution in [1.82, 2.24) is 9.88 Å². The van der Waals surface area contributed by atoms with Crippen LogP contribution in [0, 0.1) is 0 Å². The minimum Gasteiger partial charge on any atom is -0.496 e. The summed E-state index contributed by atoms with van der Waals surface area (Å²) in [7, 11) is 3.74. The number of para-hydroxylation sites is 1. The van der Waals surface area contributed by atoms with Crippen LogP contribution >= 0.6 is 0 Å². The van der Waals surface area contributed by atoms with Crippen molar-refractivity contribution in [1.29, 1.82) is 0 Å². The summed E-state index contributed by atoms with van der Waals surface area (Å²) >= 11 is 0. The summed E-state index contributed by atoms with van der Waals surface area (Å²) in [5.74, 6) is 6.95. The zero-order valence-corrected chi connectivity index (χ0v) is 11.8. The number of rotatable bonds is 6. The van der Waals surface area contributed by atoms with Crippen LogP contribution in [0.4, 0.5) is 5.82 Å². The third-order valence-electron chi connectivity index (χ3n) is 3.02. The van der Waals surface area contributed by atoms with Gasteiger partial charge in [0.2, 0.25) is 0 Å². The van der Waals surface area contributed by atoms with Gasteiger partial charge < -0.3 is 10.2 Å². The molecule has 0 radical (unpaired) electrons. The van der Waals surface area contributed by atoms with Gasteiger partial charge in [0.05, 0.1) is 12.8 Å². The van der Waals surface area contributed by atoms with E-state index in [1.807, 2.05) is 36.4 Å². The van der Waals surface area contributed by atoms with Gasteiger partial charge in [0.1, 0.15) is 11.6 Å². The molecule has 0 bridgehead atoms. The molecule has 20 heavy (non-hydrogen) atoms. The quantitative estimate of drug-likeness (QED) is 0.622. The van der Waals surface area contributed by atoms with Crippen molar-refractivity contribution in [2.24, 2.45) is 5.84 Å². The monoisotopic (exact) mass is 272 g/mol. The fraction of sp³-hybridized carbons (Fsp3) is 0.267. The highest BCUT2D eigenvalue weighted by molar-refractivity contribution is 5.34. The van der Waals surface area contributed by atoms with Crippen LogP contribution in [-0.4, -0.2) is 24.0 Å². The summed E-state index contributed by atoms with van der Waals surface area (Å²) < 4.78 is 5.36. The van der Waals surface area contributed by atoms with E-state index in [1.165, 1.54) is 0 Å². The van der Waals surface area contributed by atoms with E-state index in [9.17, 15) is 0 Å². The molecule has 0 aliphatic heterocycles. The van der Waals surface area contributed by atoms with Crippen LogP contribution < -0.4 is 16.0 Å². The second-order valence-electron chi connectivity index (χ2n) is 4.64. The molecule has 5 nitrogen and oxygen atoms in total. The summed E-state index contributed by atoms with van der Waals surface area (Å²) in [5, 5.41) is 0. The lowest BCUT2D eigenvalue weighted by molar-refractivity contribution is 0.307. The summed E-state index contributed by atoms with van der Waals surface area (Å²) in [6, 6.07) is 13.8. The van der Waals surface area contributed by atoms with Gasteiger partial charge in [-0.3, -0.25) is 4.90 Å². The number of anilines is 1. The smallest absolute Gasteiger partial charge is 0.140 e. The fourth-order valence-corrected chi connectivity index (χ4v) is 2.10. The molecule has 1 aromatic carbocycles. The van der Waals surface area contributed by atoms with Crippen LogP contribution in [0.15, 0.2) is 42.5 Å². The van der Waals surface area contributed by atoms with Crippen LogP contribution in [0.1, 0.15) is 11.3 Å². The molecule has 3 N–H and O–H groups in total. The Labute approximate surface area is 119 Å². The Hall–Kier alpha value is -2.11. The normalized spacial score (nSPS) is 10.6. The molecule has 0 saturated heterocycles. The Morgan fingerprint density at radius 3 is 2.70 bits per heavy atom. The van der Waals surface area contributed by atoms with E-state index in [0.717, 1.165) is 30.1 Å². The predicted octanol–water partition coefficient (Wildman–Crippen LogP) is 2.01. The molecule has 0 saturated carbocycles. The highest BCUT2D eigenvalue weighted by Crippen LogP contribution is 2.19. The molecular formula is C15H20N4O. The summed E-state index contributed by atoms with van der Waals surface area (Å²) in [5.41, 5.74) is 4.69. The van der Waals surface area contributed by atoms with Crippen LogP contribution in [0.25, 0.3) is 0 Å². The first kappa shape index (κ1) is 14.3. The Kier molecular flexibility index (Phi) is 4.92. The molecule has 0 unspecified atom stereocenters. The first-order chi connectivity index (χ1) is 9.72. The molecule has 1 heterocycles. The maximum absolute atomic E-state index is 5.37. The van der Waals surface area contributed by atoms with E-state index < -0.39 is 0 Å². The SMILES string of the molecule is COc1ccccc1CN(C)Cc1cccc(NN)n1. The zero-order chi connectivity index (χ0) is 14.4. The Morgan fingerprint density at radius 2 is 1.95 bits per heavy atom. The molecule has 0 atom stereocenters. The first-order valence-electron chi connectivity index (χ1n) is 6.46. The van der Waals surface area contributed by atoms with Gasteiger partial charge in [0.25, 0.3) is 0 Å². The van der Waals surface area contributed by atoms with Crippen LogP contribution in [0.2, 0.25) is 0 Å². The van der Waals surface area contributed by atoms with Gasteiger partial charge >= 0.3 is 0 Å². The van der Waals surface area contributed by atoms with Gasteiger partial charge in [-0.05, 0) is 25.2 Å². The van der Waals surface area contributed by atoms with E-state index in [-0.39, 0.29) is 0 Å². The van der Waals surface area contributed by atoms with Gasteiger partial charge in [-0.15, -0.1) is 0 Å². The molecule has 2 aromatic rings. The van der Waals surface area contributed by atoms with Crippen LogP contribution in [0.3, 0.4) is 0 Å². The second-order valence-corrected chi connectivity index (χ2v) is 4.64. The minimum atomic E-state index is 0.674. The first-order valence-corrected chi connectivity index (χ1v) is 6.46. The molecule has 106 valence electrons. The van der Waals surface area contributed by atoms with Gasteiger partial charge in [0.15, 0.2) is 0 Å². The highest BCUT2D eigenvalue weighted by Gasteiger charge is 2.07. The molecule has 0 amide bonds. The average Bonchev–Trinajstić information content (AvgIpc) is 2.48. The van der Waals surface area contributed by atoms with Gasteiger partial charge in [-0.2, -0.15) is 0 Å². The third-order valence-corrected chi connectivity index (χ3v) is 3.02.